The lowest BCUT2D eigenvalue weighted by Gasteiger charge is -2.50. The molecule has 3 aliphatic rings. The van der Waals surface area contributed by atoms with Gasteiger partial charge in [-0.25, -0.2) is 0 Å². The number of carbonyl (C=O) groups excluding carboxylic acids is 3. The maximum Gasteiger partial charge on any atom is 0.255 e. The molecule has 47 heavy (non-hydrogen) atoms. The van der Waals surface area contributed by atoms with E-state index < -0.39 is 58.0 Å². The maximum atomic E-state index is 14.2. The van der Waals surface area contributed by atoms with E-state index in [9.17, 15) is 34.8 Å². The van der Waals surface area contributed by atoms with Gasteiger partial charge in [0.15, 0.2) is 11.4 Å². The van der Waals surface area contributed by atoms with Crippen molar-refractivity contribution in [2.45, 2.75) is 57.2 Å². The highest BCUT2D eigenvalue weighted by Gasteiger charge is 2.63. The molecule has 0 saturated carbocycles. The molecule has 10 nitrogen and oxygen atoms in total. The van der Waals surface area contributed by atoms with Crippen LogP contribution in [0.5, 0.6) is 5.75 Å². The predicted molar refractivity (Wildman–Crippen MR) is 178 cm³/mol. The number of aliphatic hydroxyl groups is 3. The second kappa shape index (κ2) is 11.9. The number of primary amides is 1. The Morgan fingerprint density at radius 1 is 1.02 bits per heavy atom. The molecule has 0 unspecified atom stereocenters. The highest BCUT2D eigenvalue weighted by molar-refractivity contribution is 6.25. The molecule has 0 aliphatic heterocycles. The molecular weight excluding hydrogens is 598 g/mol. The van der Waals surface area contributed by atoms with E-state index in [4.69, 9.17) is 5.73 Å². The van der Waals surface area contributed by atoms with E-state index in [2.05, 4.69) is 31.3 Å². The molecule has 0 heterocycles. The molecule has 7 N–H and O–H groups in total. The molecule has 0 saturated heterocycles. The number of aromatic hydroxyl groups is 1. The molecule has 10 heteroatoms. The second-order valence-electron chi connectivity index (χ2n) is 13.5. The third-order valence-corrected chi connectivity index (χ3v) is 10.1. The number of phenolic OH excluding ortho intramolecular Hbond substituents is 1. The van der Waals surface area contributed by atoms with Crippen molar-refractivity contribution in [3.05, 3.63) is 87.9 Å². The third-order valence-electron chi connectivity index (χ3n) is 10.1. The van der Waals surface area contributed by atoms with E-state index in [-0.39, 0.29) is 29.7 Å². The SMILES string of the molecule is CC(C)NCCCc1ccc(-c2ccc(O)c3c2C[C@H]2C[C@H]4[C@H](N(C)C)C(O)=C(C(N)=O)C(=O)[C@@]4(O)C(O)=C2C3=O)c2ccccc12. The van der Waals surface area contributed by atoms with Gasteiger partial charge in [-0.1, -0.05) is 56.3 Å². The van der Waals surface area contributed by atoms with Crippen molar-refractivity contribution in [1.29, 1.82) is 0 Å². The summed E-state index contributed by atoms with van der Waals surface area (Å²) in [6, 6.07) is 14.9. The number of aryl methyl sites for hydroxylation is 1. The lowest BCUT2D eigenvalue weighted by molar-refractivity contribution is -0.148. The number of allylic oxidation sites excluding steroid dienone is 1. The van der Waals surface area contributed by atoms with Crippen LogP contribution in [0.15, 0.2) is 71.2 Å². The number of nitrogens with zero attached hydrogens (tertiary/aromatic N) is 1. The van der Waals surface area contributed by atoms with Crippen LogP contribution in [0.1, 0.15) is 48.2 Å². The fraction of sp³-hybridized carbons (Fsp3) is 0.378. The number of Topliss-reactive ketones (excluding diaryl/α,β-unsaturated/α-hetero) is 2. The average Bonchev–Trinajstić information content (AvgIpc) is 3.01. The Kier molecular flexibility index (Phi) is 8.24. The normalized spacial score (nSPS) is 24.2. The Morgan fingerprint density at radius 2 is 1.70 bits per heavy atom. The van der Waals surface area contributed by atoms with Crippen LogP contribution in [-0.4, -0.2) is 81.1 Å². The molecule has 3 aliphatic carbocycles. The van der Waals surface area contributed by atoms with Crippen molar-refractivity contribution in [2.24, 2.45) is 17.6 Å². The fourth-order valence-corrected chi connectivity index (χ4v) is 7.99. The lowest BCUT2D eigenvalue weighted by atomic mass is 9.58. The summed E-state index contributed by atoms with van der Waals surface area (Å²) in [5.41, 5.74) is 5.22. The molecule has 3 aromatic rings. The van der Waals surface area contributed by atoms with Crippen LogP contribution >= 0.6 is 0 Å². The van der Waals surface area contributed by atoms with E-state index in [1.165, 1.54) is 11.6 Å². The highest BCUT2D eigenvalue weighted by atomic mass is 16.3. The summed E-state index contributed by atoms with van der Waals surface area (Å²) < 4.78 is 0. The van der Waals surface area contributed by atoms with Crippen LogP contribution in [0.3, 0.4) is 0 Å². The van der Waals surface area contributed by atoms with Gasteiger partial charge in [0.25, 0.3) is 5.91 Å². The Hall–Kier alpha value is -4.51. The first kappa shape index (κ1) is 32.4. The molecule has 1 amide bonds. The number of phenols is 1. The van der Waals surface area contributed by atoms with Crippen molar-refractivity contribution in [1.82, 2.24) is 10.2 Å². The number of rotatable bonds is 8. The Balaban J connectivity index is 1.47. The van der Waals surface area contributed by atoms with Gasteiger partial charge in [-0.05, 0) is 91.3 Å². The summed E-state index contributed by atoms with van der Waals surface area (Å²) in [4.78, 5) is 41.6. The number of nitrogens with one attached hydrogen (secondary N) is 1. The zero-order valence-corrected chi connectivity index (χ0v) is 27.0. The average molecular weight is 640 g/mol. The predicted octanol–water partition coefficient (Wildman–Crippen LogP) is 3.87. The van der Waals surface area contributed by atoms with E-state index in [1.807, 2.05) is 24.3 Å². The van der Waals surface area contributed by atoms with Gasteiger partial charge in [0.2, 0.25) is 5.78 Å². The summed E-state index contributed by atoms with van der Waals surface area (Å²) in [6.45, 7) is 5.15. The summed E-state index contributed by atoms with van der Waals surface area (Å²) >= 11 is 0. The van der Waals surface area contributed by atoms with Crippen LogP contribution in [-0.2, 0) is 22.4 Å². The van der Waals surface area contributed by atoms with Crippen molar-refractivity contribution < 1.29 is 34.8 Å². The van der Waals surface area contributed by atoms with Crippen molar-refractivity contribution >= 4 is 28.2 Å². The van der Waals surface area contributed by atoms with Crippen molar-refractivity contribution in [2.75, 3.05) is 20.6 Å². The number of aliphatic hydroxyl groups excluding tert-OH is 2. The van der Waals surface area contributed by atoms with E-state index in [0.29, 0.717) is 11.6 Å². The summed E-state index contributed by atoms with van der Waals surface area (Å²) in [7, 11) is 3.22. The van der Waals surface area contributed by atoms with Crippen LogP contribution in [0.25, 0.3) is 21.9 Å². The molecule has 0 spiro atoms. The summed E-state index contributed by atoms with van der Waals surface area (Å²) in [5, 5.41) is 51.1. The van der Waals surface area contributed by atoms with Crippen molar-refractivity contribution in [3.63, 3.8) is 0 Å². The Bertz CT molecular complexity index is 1890. The standard InChI is InChI=1S/C37H41N3O7/c1-18(2)39-15-7-8-19-11-12-23(22-10-6-5-9-21(19)22)24-13-14-27(41)29-25(24)16-20-17-26-31(40(3)4)33(43)30(36(38)46)35(45)37(26,47)34(44)28(20)32(29)42/h5-6,9-14,18,20,26,31,39,41,43-44,47H,7-8,15-17H2,1-4H3,(H2,38,46)/t20-,26-,31-,37-/m0/s1. The number of likely N-dealkylation sites (N-methyl/N-ethyl adjacent to an activating group) is 1. The topological polar surface area (TPSA) is 173 Å². The quantitative estimate of drug-likeness (QED) is 0.158. The minimum Gasteiger partial charge on any atom is -0.510 e. The largest absolute Gasteiger partial charge is 0.510 e. The van der Waals surface area contributed by atoms with Gasteiger partial charge >= 0.3 is 0 Å². The monoisotopic (exact) mass is 639 g/mol. The number of hydrogen-bond donors (Lipinski definition) is 6. The molecule has 0 aromatic heterocycles. The Morgan fingerprint density at radius 3 is 2.36 bits per heavy atom. The number of fused-ring (bicyclic) bond motifs is 4. The number of carbonyl (C=O) groups is 3. The fourth-order valence-electron chi connectivity index (χ4n) is 7.99. The van der Waals surface area contributed by atoms with Crippen LogP contribution in [0.4, 0.5) is 0 Å². The number of amides is 1. The molecule has 0 bridgehead atoms. The zero-order valence-electron chi connectivity index (χ0n) is 27.0. The van der Waals surface area contributed by atoms with Crippen LogP contribution in [0, 0.1) is 11.8 Å². The number of benzene rings is 3. The van der Waals surface area contributed by atoms with Gasteiger partial charge in [0.05, 0.1) is 11.6 Å². The van der Waals surface area contributed by atoms with Gasteiger partial charge in [-0.15, -0.1) is 0 Å². The minimum atomic E-state index is -2.67. The molecular formula is C37H41N3O7. The number of ketones is 2. The first-order valence-electron chi connectivity index (χ1n) is 16.0. The first-order valence-corrected chi connectivity index (χ1v) is 16.0. The Labute approximate surface area is 273 Å². The second-order valence-corrected chi connectivity index (χ2v) is 13.5. The summed E-state index contributed by atoms with van der Waals surface area (Å²) in [5.74, 6) is -6.68. The van der Waals surface area contributed by atoms with Crippen LogP contribution in [0.2, 0.25) is 0 Å². The molecule has 0 radical (unpaired) electrons. The zero-order chi connectivity index (χ0) is 33.9. The van der Waals surface area contributed by atoms with Crippen molar-refractivity contribution in [3.8, 4) is 16.9 Å². The van der Waals surface area contributed by atoms with Gasteiger partial charge in [-0.3, -0.25) is 19.3 Å². The third kappa shape index (κ3) is 5.02. The summed E-state index contributed by atoms with van der Waals surface area (Å²) in [6.07, 6.45) is 2.11. The van der Waals surface area contributed by atoms with E-state index in [0.717, 1.165) is 41.3 Å². The van der Waals surface area contributed by atoms with E-state index in [1.54, 1.807) is 25.1 Å². The van der Waals surface area contributed by atoms with Crippen LogP contribution < -0.4 is 11.1 Å². The van der Waals surface area contributed by atoms with Gasteiger partial charge in [-0.2, -0.15) is 0 Å². The highest BCUT2D eigenvalue weighted by Crippen LogP contribution is 2.53. The lowest BCUT2D eigenvalue weighted by Crippen LogP contribution is -2.63. The molecule has 3 aromatic carbocycles. The molecule has 0 fully saturated rings. The molecule has 246 valence electrons. The van der Waals surface area contributed by atoms with Gasteiger partial charge in [0, 0.05) is 17.5 Å². The van der Waals surface area contributed by atoms with E-state index >= 15 is 0 Å². The number of nitrogens with two attached hydrogens (primary N) is 1. The minimum absolute atomic E-state index is 0.00352. The number of hydrogen-bond acceptors (Lipinski definition) is 9. The first-order chi connectivity index (χ1) is 22.3. The van der Waals surface area contributed by atoms with Gasteiger partial charge < -0.3 is 31.5 Å². The molecule has 4 atom stereocenters. The maximum absolute atomic E-state index is 14.2. The molecule has 6 rings (SSSR count). The smallest absolute Gasteiger partial charge is 0.255 e. The van der Waals surface area contributed by atoms with Gasteiger partial charge in [0.1, 0.15) is 22.8 Å².